The fourth-order valence-electron chi connectivity index (χ4n) is 10.8. The maximum absolute atomic E-state index is 10.9. The summed E-state index contributed by atoms with van der Waals surface area (Å²) >= 11 is 0. The van der Waals surface area contributed by atoms with Gasteiger partial charge in [-0.25, -0.2) is 0 Å². The van der Waals surface area contributed by atoms with Crippen LogP contribution in [-0.2, 0) is 0 Å². The Morgan fingerprint density at radius 3 is 2.23 bits per heavy atom. The lowest BCUT2D eigenvalue weighted by Gasteiger charge is -2.71. The Morgan fingerprint density at radius 1 is 0.806 bits per heavy atom. The average Bonchev–Trinajstić information content (AvgIpc) is 2.69. The van der Waals surface area contributed by atoms with Gasteiger partial charge >= 0.3 is 0 Å². The van der Waals surface area contributed by atoms with Crippen molar-refractivity contribution >= 4 is 0 Å². The molecule has 0 heterocycles. The van der Waals surface area contributed by atoms with Crippen LogP contribution in [0.15, 0.2) is 11.6 Å². The van der Waals surface area contributed by atoms with E-state index in [1.54, 1.807) is 0 Å². The zero-order valence-electron chi connectivity index (χ0n) is 21.9. The Hall–Kier alpha value is -0.300. The molecule has 0 amide bonds. The second kappa shape index (κ2) is 6.64. The predicted octanol–water partition coefficient (Wildman–Crippen LogP) is 8.02. The number of rotatable bonds is 0. The number of hydrogen-bond donors (Lipinski definition) is 1. The van der Waals surface area contributed by atoms with Crippen LogP contribution in [0.1, 0.15) is 113 Å². The van der Waals surface area contributed by atoms with Gasteiger partial charge in [0, 0.05) is 0 Å². The first-order valence-electron chi connectivity index (χ1n) is 13.7. The number of allylic oxidation sites excluding steroid dienone is 2. The van der Waals surface area contributed by atoms with E-state index in [0.717, 1.165) is 30.1 Å². The second-order valence-electron chi connectivity index (χ2n) is 14.7. The number of aliphatic hydroxyl groups is 1. The first-order valence-corrected chi connectivity index (χ1v) is 13.7. The van der Waals surface area contributed by atoms with Crippen LogP contribution in [0.25, 0.3) is 0 Å². The molecule has 0 aromatic rings. The summed E-state index contributed by atoms with van der Waals surface area (Å²) in [7, 11) is 0. The van der Waals surface area contributed by atoms with Gasteiger partial charge in [0.15, 0.2) is 0 Å². The van der Waals surface area contributed by atoms with Crippen LogP contribution in [0.4, 0.5) is 0 Å². The summed E-state index contributed by atoms with van der Waals surface area (Å²) in [6, 6.07) is 0. The van der Waals surface area contributed by atoms with Crippen LogP contribution in [-0.4, -0.2) is 11.2 Å². The smallest absolute Gasteiger partial charge is 0.0594 e. The molecule has 1 heteroatoms. The minimum absolute atomic E-state index is 0.0533. The van der Waals surface area contributed by atoms with E-state index in [1.807, 2.05) is 5.57 Å². The molecule has 31 heavy (non-hydrogen) atoms. The number of hydrogen-bond acceptors (Lipinski definition) is 1. The highest BCUT2D eigenvalue weighted by Crippen LogP contribution is 2.75. The first kappa shape index (κ1) is 22.5. The van der Waals surface area contributed by atoms with Gasteiger partial charge in [0.05, 0.1) is 6.10 Å². The summed E-state index contributed by atoms with van der Waals surface area (Å²) in [5.74, 6) is 3.90. The molecule has 176 valence electrons. The minimum atomic E-state index is -0.125. The molecule has 4 fully saturated rings. The quantitative estimate of drug-likeness (QED) is 0.389. The summed E-state index contributed by atoms with van der Waals surface area (Å²) < 4.78 is 0. The van der Waals surface area contributed by atoms with Gasteiger partial charge < -0.3 is 5.11 Å². The average molecular weight is 427 g/mol. The zero-order valence-corrected chi connectivity index (χ0v) is 21.9. The van der Waals surface area contributed by atoms with Gasteiger partial charge in [-0.1, -0.05) is 67.0 Å². The number of aliphatic hydroxyl groups excluding tert-OH is 1. The third-order valence-electron chi connectivity index (χ3n) is 13.4. The van der Waals surface area contributed by atoms with Gasteiger partial charge in [-0.15, -0.1) is 0 Å². The van der Waals surface area contributed by atoms with Crippen molar-refractivity contribution in [2.24, 2.45) is 56.7 Å². The van der Waals surface area contributed by atoms with Crippen molar-refractivity contribution in [3.05, 3.63) is 11.6 Å². The Morgan fingerprint density at radius 2 is 1.52 bits per heavy atom. The van der Waals surface area contributed by atoms with Crippen molar-refractivity contribution in [2.45, 2.75) is 119 Å². The van der Waals surface area contributed by atoms with E-state index < -0.39 is 0 Å². The Labute approximate surface area is 192 Å². The van der Waals surface area contributed by atoms with Gasteiger partial charge in [0.25, 0.3) is 0 Å². The molecular weight excluding hydrogens is 376 g/mol. The predicted molar refractivity (Wildman–Crippen MR) is 131 cm³/mol. The molecule has 0 aromatic carbocycles. The molecule has 1 nitrogen and oxygen atoms in total. The molecule has 0 aliphatic heterocycles. The van der Waals surface area contributed by atoms with Crippen LogP contribution in [0, 0.1) is 56.7 Å². The molecule has 1 N–H and O–H groups in total. The summed E-state index contributed by atoms with van der Waals surface area (Å²) in [5.41, 5.74) is 3.60. The SMILES string of the molecule is C[C@@H]1[C@H](C)CC[C@]2(C)CC[C@@]3(C)C(=CC[C@@H]4[C@@]5(C)CC[C@H](O)C(C)(C)[C@H]5CC[C@]43C)[C@@H]12. The minimum Gasteiger partial charge on any atom is -0.393 e. The lowest BCUT2D eigenvalue weighted by Crippen LogP contribution is -2.64. The third-order valence-corrected chi connectivity index (χ3v) is 13.4. The van der Waals surface area contributed by atoms with Gasteiger partial charge in [0.2, 0.25) is 0 Å². The highest BCUT2D eigenvalue weighted by Gasteiger charge is 2.67. The summed E-state index contributed by atoms with van der Waals surface area (Å²) in [6.45, 7) is 20.5. The molecule has 0 aromatic heterocycles. The molecule has 0 bridgehead atoms. The van der Waals surface area contributed by atoms with Crippen molar-refractivity contribution < 1.29 is 5.11 Å². The van der Waals surface area contributed by atoms with Gasteiger partial charge in [0.1, 0.15) is 0 Å². The second-order valence-corrected chi connectivity index (χ2v) is 14.7. The van der Waals surface area contributed by atoms with E-state index in [2.05, 4.69) is 61.5 Å². The van der Waals surface area contributed by atoms with Gasteiger partial charge in [-0.2, -0.15) is 0 Å². The molecular formula is C30H50O. The Balaban J connectivity index is 1.59. The standard InChI is InChI=1S/C30H50O/c1-19-11-14-27(5)17-18-29(7)21(25(27)20(19)2)9-10-23-28(6)15-13-24(31)26(3,4)22(28)12-16-30(23,29)8/h9,19-20,22-25,31H,10-18H2,1-8H3/t19-,20-,22-,23-,24+,25-,27-,28+,29+,30-/m1/s1. The number of fused-ring (bicyclic) bond motifs is 7. The molecule has 0 spiro atoms. The largest absolute Gasteiger partial charge is 0.393 e. The monoisotopic (exact) mass is 426 g/mol. The molecule has 0 unspecified atom stereocenters. The van der Waals surface area contributed by atoms with E-state index in [0.29, 0.717) is 27.6 Å². The molecule has 5 rings (SSSR count). The maximum atomic E-state index is 10.9. The summed E-state index contributed by atoms with van der Waals surface area (Å²) in [5, 5.41) is 10.9. The molecule has 4 saturated carbocycles. The van der Waals surface area contributed by atoms with Crippen LogP contribution < -0.4 is 0 Å². The van der Waals surface area contributed by atoms with E-state index >= 15 is 0 Å². The van der Waals surface area contributed by atoms with E-state index in [4.69, 9.17) is 0 Å². The van der Waals surface area contributed by atoms with E-state index in [9.17, 15) is 5.11 Å². The fraction of sp³-hybridized carbons (Fsp3) is 0.933. The van der Waals surface area contributed by atoms with Gasteiger partial charge in [-0.3, -0.25) is 0 Å². The van der Waals surface area contributed by atoms with Crippen molar-refractivity contribution in [1.82, 2.24) is 0 Å². The maximum Gasteiger partial charge on any atom is 0.0594 e. The summed E-state index contributed by atoms with van der Waals surface area (Å²) in [6.07, 6.45) is 14.5. The first-order chi connectivity index (χ1) is 14.3. The molecule has 5 aliphatic carbocycles. The lowest BCUT2D eigenvalue weighted by atomic mass is 9.33. The highest BCUT2D eigenvalue weighted by molar-refractivity contribution is 5.33. The van der Waals surface area contributed by atoms with Crippen molar-refractivity contribution in [2.75, 3.05) is 0 Å². The molecule has 0 saturated heterocycles. The van der Waals surface area contributed by atoms with Gasteiger partial charge in [-0.05, 0) is 114 Å². The van der Waals surface area contributed by atoms with E-state index in [-0.39, 0.29) is 11.5 Å². The Bertz CT molecular complexity index is 779. The Kier molecular flexibility index (Phi) is 4.82. The van der Waals surface area contributed by atoms with Crippen LogP contribution in [0.2, 0.25) is 0 Å². The summed E-state index contributed by atoms with van der Waals surface area (Å²) in [4.78, 5) is 0. The van der Waals surface area contributed by atoms with Crippen LogP contribution >= 0.6 is 0 Å². The lowest BCUT2D eigenvalue weighted by molar-refractivity contribution is -0.203. The zero-order chi connectivity index (χ0) is 22.6. The van der Waals surface area contributed by atoms with Crippen LogP contribution in [0.3, 0.4) is 0 Å². The molecule has 0 radical (unpaired) electrons. The highest BCUT2D eigenvalue weighted by atomic mass is 16.3. The topological polar surface area (TPSA) is 20.2 Å². The third kappa shape index (κ3) is 2.65. The molecule has 10 atom stereocenters. The normalized spacial score (nSPS) is 58.3. The van der Waals surface area contributed by atoms with Crippen molar-refractivity contribution in [3.8, 4) is 0 Å². The molecule has 5 aliphatic rings. The fourth-order valence-corrected chi connectivity index (χ4v) is 10.8. The van der Waals surface area contributed by atoms with E-state index in [1.165, 1.54) is 51.4 Å². The van der Waals surface area contributed by atoms with Crippen molar-refractivity contribution in [1.29, 1.82) is 0 Å². The van der Waals surface area contributed by atoms with Crippen LogP contribution in [0.5, 0.6) is 0 Å². The van der Waals surface area contributed by atoms with Crippen molar-refractivity contribution in [3.63, 3.8) is 0 Å².